The molecule has 1 fully saturated rings. The van der Waals surface area contributed by atoms with Crippen molar-refractivity contribution >= 4 is 44.9 Å². The number of fused-ring (bicyclic) bond motifs is 1. The maximum Gasteiger partial charge on any atom is 0.229 e. The van der Waals surface area contributed by atoms with Crippen LogP contribution in [0.25, 0.3) is 11.0 Å². The maximum absolute atomic E-state index is 11.6. The minimum atomic E-state index is -3.21. The van der Waals surface area contributed by atoms with E-state index in [-0.39, 0.29) is 17.3 Å². The molecule has 1 aromatic carbocycles. The molecule has 10 heteroatoms. The quantitative estimate of drug-likeness (QED) is 0.650. The molecule has 4 rings (SSSR count). The van der Waals surface area contributed by atoms with E-state index in [0.29, 0.717) is 11.9 Å². The molecule has 0 aliphatic carbocycles. The molecule has 0 atom stereocenters. The van der Waals surface area contributed by atoms with Gasteiger partial charge in [-0.3, -0.25) is 0 Å². The number of anilines is 2. The Labute approximate surface area is 170 Å². The Morgan fingerprint density at radius 1 is 1.18 bits per heavy atom. The van der Waals surface area contributed by atoms with Gasteiger partial charge in [0.15, 0.2) is 15.5 Å². The lowest BCUT2D eigenvalue weighted by molar-refractivity contribution is 0.324. The molecule has 1 aliphatic rings. The van der Waals surface area contributed by atoms with Crippen molar-refractivity contribution in [3.8, 4) is 0 Å². The molecule has 0 amide bonds. The monoisotopic (exact) mass is 422 g/mol. The van der Waals surface area contributed by atoms with E-state index < -0.39 is 9.84 Å². The fraction of sp³-hybridized carbons (Fsp3) is 0.389. The van der Waals surface area contributed by atoms with Gasteiger partial charge >= 0.3 is 0 Å². The van der Waals surface area contributed by atoms with Crippen LogP contribution in [0.1, 0.15) is 12.8 Å². The average molecular weight is 423 g/mol. The van der Waals surface area contributed by atoms with Crippen molar-refractivity contribution in [3.05, 3.63) is 36.7 Å². The normalized spacial score (nSPS) is 15.3. The number of rotatable bonds is 5. The van der Waals surface area contributed by atoms with Crippen molar-refractivity contribution in [3.63, 3.8) is 0 Å². The molecule has 1 saturated heterocycles. The SMILES string of the molecule is CS(=O)(=O)c1ccc(Nc2ncc3cnn(CC4CCNCC4)c3n2)cc1.Cl. The van der Waals surface area contributed by atoms with Crippen LogP contribution in [0.3, 0.4) is 0 Å². The average Bonchev–Trinajstić information content (AvgIpc) is 3.04. The zero-order valence-electron chi connectivity index (χ0n) is 15.5. The zero-order chi connectivity index (χ0) is 18.9. The van der Waals surface area contributed by atoms with Crippen molar-refractivity contribution in [2.24, 2.45) is 5.92 Å². The maximum atomic E-state index is 11.6. The Kier molecular flexibility index (Phi) is 6.17. The van der Waals surface area contributed by atoms with E-state index in [0.717, 1.165) is 49.2 Å². The highest BCUT2D eigenvalue weighted by atomic mass is 35.5. The van der Waals surface area contributed by atoms with Gasteiger partial charge < -0.3 is 10.6 Å². The Balaban J connectivity index is 0.00000225. The van der Waals surface area contributed by atoms with Crippen molar-refractivity contribution in [1.29, 1.82) is 0 Å². The largest absolute Gasteiger partial charge is 0.324 e. The Bertz CT molecular complexity index is 1050. The van der Waals surface area contributed by atoms with Crippen LogP contribution >= 0.6 is 12.4 Å². The van der Waals surface area contributed by atoms with Gasteiger partial charge in [0.05, 0.1) is 16.5 Å². The number of hydrogen-bond acceptors (Lipinski definition) is 7. The fourth-order valence-corrected chi connectivity index (χ4v) is 3.91. The molecule has 2 N–H and O–H groups in total. The van der Waals surface area contributed by atoms with E-state index >= 15 is 0 Å². The van der Waals surface area contributed by atoms with E-state index in [1.807, 2.05) is 4.68 Å². The second-order valence-electron chi connectivity index (χ2n) is 6.91. The van der Waals surface area contributed by atoms with E-state index in [9.17, 15) is 8.42 Å². The van der Waals surface area contributed by atoms with Crippen LogP contribution in [0, 0.1) is 5.92 Å². The molecular formula is C18H23ClN6O2S. The van der Waals surface area contributed by atoms with Crippen LogP contribution in [0.5, 0.6) is 0 Å². The van der Waals surface area contributed by atoms with Gasteiger partial charge in [-0.2, -0.15) is 10.1 Å². The molecule has 0 spiro atoms. The summed E-state index contributed by atoms with van der Waals surface area (Å²) in [6, 6.07) is 6.54. The second-order valence-corrected chi connectivity index (χ2v) is 8.93. The van der Waals surface area contributed by atoms with Gasteiger partial charge in [0, 0.05) is 24.7 Å². The first kappa shape index (κ1) is 20.5. The Morgan fingerprint density at radius 3 is 2.57 bits per heavy atom. The molecule has 3 heterocycles. The number of sulfone groups is 1. The molecular weight excluding hydrogens is 400 g/mol. The van der Waals surface area contributed by atoms with E-state index in [4.69, 9.17) is 0 Å². The molecule has 150 valence electrons. The third kappa shape index (κ3) is 4.60. The predicted molar refractivity (Wildman–Crippen MR) is 111 cm³/mol. The van der Waals surface area contributed by atoms with Crippen LogP contribution in [0.4, 0.5) is 11.6 Å². The number of nitrogens with one attached hydrogen (secondary N) is 2. The summed E-state index contributed by atoms with van der Waals surface area (Å²) in [6.45, 7) is 2.95. The smallest absolute Gasteiger partial charge is 0.229 e. The number of nitrogens with zero attached hydrogens (tertiary/aromatic N) is 4. The van der Waals surface area contributed by atoms with Gasteiger partial charge in [-0.1, -0.05) is 0 Å². The Hall–Kier alpha value is -2.23. The second kappa shape index (κ2) is 8.42. The lowest BCUT2D eigenvalue weighted by Crippen LogP contribution is -2.30. The van der Waals surface area contributed by atoms with Crippen LogP contribution < -0.4 is 10.6 Å². The van der Waals surface area contributed by atoms with Gasteiger partial charge in [-0.05, 0) is 56.1 Å². The van der Waals surface area contributed by atoms with Crippen molar-refractivity contribution in [2.45, 2.75) is 24.3 Å². The highest BCUT2D eigenvalue weighted by Crippen LogP contribution is 2.20. The highest BCUT2D eigenvalue weighted by Gasteiger charge is 2.16. The number of aromatic nitrogens is 4. The summed E-state index contributed by atoms with van der Waals surface area (Å²) in [5, 5.41) is 11.9. The minimum Gasteiger partial charge on any atom is -0.324 e. The molecule has 3 aromatic rings. The van der Waals surface area contributed by atoms with Crippen LogP contribution in [0.15, 0.2) is 41.6 Å². The van der Waals surface area contributed by atoms with Crippen LogP contribution in [-0.2, 0) is 16.4 Å². The van der Waals surface area contributed by atoms with E-state index in [1.165, 1.54) is 6.26 Å². The number of piperidine rings is 1. The molecule has 28 heavy (non-hydrogen) atoms. The first-order valence-electron chi connectivity index (χ1n) is 8.95. The summed E-state index contributed by atoms with van der Waals surface area (Å²) < 4.78 is 25.1. The molecule has 0 unspecified atom stereocenters. The molecule has 0 radical (unpaired) electrons. The number of hydrogen-bond donors (Lipinski definition) is 2. The van der Waals surface area contributed by atoms with Gasteiger partial charge in [0.1, 0.15) is 0 Å². The lowest BCUT2D eigenvalue weighted by Gasteiger charge is -2.22. The highest BCUT2D eigenvalue weighted by molar-refractivity contribution is 7.90. The fourth-order valence-electron chi connectivity index (χ4n) is 3.28. The molecule has 8 nitrogen and oxygen atoms in total. The number of benzene rings is 1. The lowest BCUT2D eigenvalue weighted by atomic mass is 9.98. The molecule has 0 saturated carbocycles. The summed E-state index contributed by atoms with van der Waals surface area (Å²) >= 11 is 0. The summed E-state index contributed by atoms with van der Waals surface area (Å²) in [6.07, 6.45) is 7.02. The summed E-state index contributed by atoms with van der Waals surface area (Å²) in [5.74, 6) is 1.06. The standard InChI is InChI=1S/C18H22N6O2S.ClH/c1-27(25,26)16-4-2-15(3-5-16)22-18-20-10-14-11-21-24(17(14)23-18)12-13-6-8-19-9-7-13;/h2-5,10-11,13,19H,6-9,12H2,1H3,(H,20,22,23);1H. The summed E-state index contributed by atoms with van der Waals surface area (Å²) in [4.78, 5) is 9.22. The third-order valence-corrected chi connectivity index (χ3v) is 5.93. The van der Waals surface area contributed by atoms with E-state index in [2.05, 4.69) is 25.7 Å². The molecule has 0 bridgehead atoms. The van der Waals surface area contributed by atoms with Crippen LogP contribution in [-0.4, -0.2) is 47.5 Å². The predicted octanol–water partition coefficient (Wildman–Crippen LogP) is 2.39. The van der Waals surface area contributed by atoms with Crippen molar-refractivity contribution in [1.82, 2.24) is 25.1 Å². The van der Waals surface area contributed by atoms with Crippen molar-refractivity contribution < 1.29 is 8.42 Å². The first-order chi connectivity index (χ1) is 13.0. The minimum absolute atomic E-state index is 0. The molecule has 1 aliphatic heterocycles. The first-order valence-corrected chi connectivity index (χ1v) is 10.8. The molecule has 2 aromatic heterocycles. The third-order valence-electron chi connectivity index (χ3n) is 4.81. The summed E-state index contributed by atoms with van der Waals surface area (Å²) in [5.41, 5.74) is 1.53. The van der Waals surface area contributed by atoms with Gasteiger partial charge in [0.25, 0.3) is 0 Å². The zero-order valence-corrected chi connectivity index (χ0v) is 17.1. The van der Waals surface area contributed by atoms with Gasteiger partial charge in [0.2, 0.25) is 5.95 Å². The number of halogens is 1. The van der Waals surface area contributed by atoms with Crippen LogP contribution in [0.2, 0.25) is 0 Å². The van der Waals surface area contributed by atoms with Gasteiger partial charge in [-0.15, -0.1) is 12.4 Å². The van der Waals surface area contributed by atoms with Crippen molar-refractivity contribution in [2.75, 3.05) is 24.7 Å². The van der Waals surface area contributed by atoms with E-state index in [1.54, 1.807) is 36.7 Å². The van der Waals surface area contributed by atoms with Gasteiger partial charge in [-0.25, -0.2) is 18.1 Å². The summed E-state index contributed by atoms with van der Waals surface area (Å²) in [7, 11) is -3.21. The Morgan fingerprint density at radius 2 is 1.89 bits per heavy atom. The topological polar surface area (TPSA) is 102 Å².